The van der Waals surface area contributed by atoms with Crippen molar-refractivity contribution in [3.8, 4) is 0 Å². The normalized spacial score (nSPS) is 33.2. The molecule has 110 valence electrons. The smallest absolute Gasteiger partial charge is 0.0406 e. The van der Waals surface area contributed by atoms with E-state index < -0.39 is 0 Å². The minimum absolute atomic E-state index is 0.213. The predicted octanol–water partition coefficient (Wildman–Crippen LogP) is 4.97. The van der Waals surface area contributed by atoms with E-state index in [-0.39, 0.29) is 5.54 Å². The highest BCUT2D eigenvalue weighted by Crippen LogP contribution is 2.43. The summed E-state index contributed by atoms with van der Waals surface area (Å²) >= 11 is 0. The first-order valence-electron chi connectivity index (χ1n) is 8.34. The monoisotopic (exact) mass is 271 g/mol. The molecule has 2 unspecified atom stereocenters. The lowest BCUT2D eigenvalue weighted by molar-refractivity contribution is 0.219. The predicted molar refractivity (Wildman–Crippen MR) is 86.0 cm³/mol. The summed E-state index contributed by atoms with van der Waals surface area (Å²) in [5.41, 5.74) is 3.77. The minimum atomic E-state index is 0.213. The molecule has 0 radical (unpaired) electrons. The van der Waals surface area contributed by atoms with E-state index in [4.69, 9.17) is 0 Å². The zero-order valence-electron chi connectivity index (χ0n) is 13.3. The first kappa shape index (κ1) is 14.1. The van der Waals surface area contributed by atoms with Crippen molar-refractivity contribution in [3.63, 3.8) is 0 Å². The van der Waals surface area contributed by atoms with Gasteiger partial charge in [-0.3, -0.25) is 0 Å². The van der Waals surface area contributed by atoms with E-state index in [2.05, 4.69) is 50.4 Å². The number of hydrogen-bond acceptors (Lipinski definition) is 1. The molecule has 1 aliphatic heterocycles. The Kier molecular flexibility index (Phi) is 3.66. The van der Waals surface area contributed by atoms with Crippen molar-refractivity contribution in [2.45, 2.75) is 70.8 Å². The minimum Gasteiger partial charge on any atom is -0.308 e. The van der Waals surface area contributed by atoms with Gasteiger partial charge in [0.15, 0.2) is 0 Å². The maximum absolute atomic E-state index is 3.66. The molecule has 0 spiro atoms. The van der Waals surface area contributed by atoms with Gasteiger partial charge in [0.2, 0.25) is 0 Å². The number of rotatable bonds is 2. The molecule has 1 nitrogen and oxygen atoms in total. The molecule has 0 aromatic heterocycles. The molecule has 20 heavy (non-hydrogen) atoms. The molecule has 1 aliphatic carbocycles. The molecule has 0 amide bonds. The van der Waals surface area contributed by atoms with Crippen LogP contribution in [0.25, 0.3) is 0 Å². The SMILES string of the molecule is CC1(C)CCCC(c2ccc(C3(C)CCCN3)cc2)C1. The Balaban J connectivity index is 1.76. The van der Waals surface area contributed by atoms with E-state index in [9.17, 15) is 0 Å². The van der Waals surface area contributed by atoms with Crippen molar-refractivity contribution >= 4 is 0 Å². The van der Waals surface area contributed by atoms with Crippen LogP contribution in [0.3, 0.4) is 0 Å². The molecule has 2 fully saturated rings. The highest BCUT2D eigenvalue weighted by Gasteiger charge is 2.31. The third kappa shape index (κ3) is 2.79. The van der Waals surface area contributed by atoms with Crippen molar-refractivity contribution in [1.82, 2.24) is 5.32 Å². The van der Waals surface area contributed by atoms with Gasteiger partial charge >= 0.3 is 0 Å². The summed E-state index contributed by atoms with van der Waals surface area (Å²) in [6, 6.07) is 9.53. The van der Waals surface area contributed by atoms with Crippen LogP contribution in [0.1, 0.15) is 76.3 Å². The zero-order chi connectivity index (χ0) is 14.2. The third-order valence-electron chi connectivity index (χ3n) is 5.59. The molecule has 0 bridgehead atoms. The van der Waals surface area contributed by atoms with Crippen LogP contribution in [0.15, 0.2) is 24.3 Å². The fourth-order valence-electron chi connectivity index (χ4n) is 4.25. The van der Waals surface area contributed by atoms with E-state index >= 15 is 0 Å². The molecule has 1 aromatic rings. The Bertz CT molecular complexity index is 451. The second-order valence-electron chi connectivity index (χ2n) is 7.94. The van der Waals surface area contributed by atoms with E-state index in [1.54, 1.807) is 5.56 Å². The average Bonchev–Trinajstić information content (AvgIpc) is 2.86. The molecule has 1 heterocycles. The van der Waals surface area contributed by atoms with Crippen LogP contribution in [0.2, 0.25) is 0 Å². The van der Waals surface area contributed by atoms with Gasteiger partial charge in [-0.05, 0) is 68.0 Å². The quantitative estimate of drug-likeness (QED) is 0.801. The molecule has 2 aliphatic rings. The van der Waals surface area contributed by atoms with Gasteiger partial charge < -0.3 is 5.32 Å². The van der Waals surface area contributed by atoms with Gasteiger partial charge in [-0.1, -0.05) is 44.5 Å². The standard InChI is InChI=1S/C19H29N/c1-18(2)11-4-6-16(14-18)15-7-9-17(10-8-15)19(3)12-5-13-20-19/h7-10,16,20H,4-6,11-14H2,1-3H3. The van der Waals surface area contributed by atoms with Gasteiger partial charge in [0.1, 0.15) is 0 Å². The summed E-state index contributed by atoms with van der Waals surface area (Å²) in [7, 11) is 0. The third-order valence-corrected chi connectivity index (χ3v) is 5.59. The van der Waals surface area contributed by atoms with E-state index in [0.29, 0.717) is 5.41 Å². The molecular formula is C19H29N. The topological polar surface area (TPSA) is 12.0 Å². The summed E-state index contributed by atoms with van der Waals surface area (Å²) in [6.45, 7) is 8.36. The van der Waals surface area contributed by atoms with Gasteiger partial charge in [-0.15, -0.1) is 0 Å². The van der Waals surface area contributed by atoms with E-state index in [1.165, 1.54) is 44.1 Å². The van der Waals surface area contributed by atoms with Crippen LogP contribution in [-0.4, -0.2) is 6.54 Å². The Morgan fingerprint density at radius 3 is 2.35 bits per heavy atom. The summed E-state index contributed by atoms with van der Waals surface area (Å²) in [4.78, 5) is 0. The fraction of sp³-hybridized carbons (Fsp3) is 0.684. The molecule has 1 saturated carbocycles. The van der Waals surface area contributed by atoms with Crippen LogP contribution >= 0.6 is 0 Å². The summed E-state index contributed by atoms with van der Waals surface area (Å²) < 4.78 is 0. The van der Waals surface area contributed by atoms with E-state index in [0.717, 1.165) is 12.5 Å². The maximum atomic E-state index is 3.66. The lowest BCUT2D eigenvalue weighted by atomic mass is 9.70. The summed E-state index contributed by atoms with van der Waals surface area (Å²) in [5.74, 6) is 0.775. The number of benzene rings is 1. The van der Waals surface area contributed by atoms with Crippen LogP contribution in [0.5, 0.6) is 0 Å². The van der Waals surface area contributed by atoms with Gasteiger partial charge in [-0.2, -0.15) is 0 Å². The van der Waals surface area contributed by atoms with Crippen LogP contribution in [-0.2, 0) is 5.54 Å². The van der Waals surface area contributed by atoms with Crippen molar-refractivity contribution in [2.24, 2.45) is 5.41 Å². The number of hydrogen-bond donors (Lipinski definition) is 1. The molecule has 1 N–H and O–H groups in total. The molecular weight excluding hydrogens is 242 g/mol. The molecule has 1 aromatic carbocycles. The first-order valence-corrected chi connectivity index (χ1v) is 8.34. The van der Waals surface area contributed by atoms with Crippen molar-refractivity contribution in [3.05, 3.63) is 35.4 Å². The highest BCUT2D eigenvalue weighted by molar-refractivity contribution is 5.31. The second-order valence-corrected chi connectivity index (χ2v) is 7.94. The Morgan fingerprint density at radius 1 is 1.00 bits per heavy atom. The summed E-state index contributed by atoms with van der Waals surface area (Å²) in [6.07, 6.45) is 8.07. The van der Waals surface area contributed by atoms with Crippen LogP contribution in [0, 0.1) is 5.41 Å². The van der Waals surface area contributed by atoms with Crippen LogP contribution in [0.4, 0.5) is 0 Å². The first-order chi connectivity index (χ1) is 9.49. The summed E-state index contributed by atoms with van der Waals surface area (Å²) in [5, 5.41) is 3.66. The molecule has 1 saturated heterocycles. The van der Waals surface area contributed by atoms with E-state index in [1.807, 2.05) is 0 Å². The van der Waals surface area contributed by atoms with Gasteiger partial charge in [0.25, 0.3) is 0 Å². The largest absolute Gasteiger partial charge is 0.308 e. The average molecular weight is 271 g/mol. The van der Waals surface area contributed by atoms with Crippen LogP contribution < -0.4 is 5.32 Å². The van der Waals surface area contributed by atoms with Gasteiger partial charge in [0.05, 0.1) is 0 Å². The van der Waals surface area contributed by atoms with Crippen molar-refractivity contribution < 1.29 is 0 Å². The second kappa shape index (κ2) is 5.18. The maximum Gasteiger partial charge on any atom is 0.0406 e. The Hall–Kier alpha value is -0.820. The highest BCUT2D eigenvalue weighted by atomic mass is 15.0. The zero-order valence-corrected chi connectivity index (χ0v) is 13.3. The van der Waals surface area contributed by atoms with Gasteiger partial charge in [-0.25, -0.2) is 0 Å². The molecule has 3 rings (SSSR count). The Morgan fingerprint density at radius 2 is 1.75 bits per heavy atom. The Labute approximate surface area is 124 Å². The van der Waals surface area contributed by atoms with Gasteiger partial charge in [0, 0.05) is 5.54 Å². The molecule has 1 heteroatoms. The van der Waals surface area contributed by atoms with Crippen molar-refractivity contribution in [1.29, 1.82) is 0 Å². The fourth-order valence-corrected chi connectivity index (χ4v) is 4.25. The number of nitrogens with one attached hydrogen (secondary N) is 1. The van der Waals surface area contributed by atoms with Crippen molar-refractivity contribution in [2.75, 3.05) is 6.54 Å². The lowest BCUT2D eigenvalue weighted by Crippen LogP contribution is -2.33. The lowest BCUT2D eigenvalue weighted by Gasteiger charge is -2.35. The molecule has 2 atom stereocenters.